The molecular weight excluding hydrogens is 232 g/mol. The molecule has 19 heavy (non-hydrogen) atoms. The Balaban J connectivity index is 2.56. The highest BCUT2D eigenvalue weighted by Gasteiger charge is 2.10. The number of hydrogen-bond acceptors (Lipinski definition) is 1. The van der Waals surface area contributed by atoms with Crippen LogP contribution in [0.2, 0.25) is 0 Å². The molecule has 0 fully saturated rings. The van der Waals surface area contributed by atoms with Gasteiger partial charge < -0.3 is 0 Å². The van der Waals surface area contributed by atoms with Gasteiger partial charge >= 0.3 is 0 Å². The minimum Gasteiger partial charge on any atom is -0.300 e. The van der Waals surface area contributed by atoms with Gasteiger partial charge in [-0.2, -0.15) is 0 Å². The summed E-state index contributed by atoms with van der Waals surface area (Å²) in [6.07, 6.45) is 6.44. The Labute approximate surface area is 117 Å². The lowest BCUT2D eigenvalue weighted by Gasteiger charge is -2.08. The number of carbonyl (C=O) groups is 1. The van der Waals surface area contributed by atoms with Crippen molar-refractivity contribution in [3.8, 4) is 11.8 Å². The summed E-state index contributed by atoms with van der Waals surface area (Å²) in [6, 6.07) is 10.1. The number of ketones is 1. The van der Waals surface area contributed by atoms with Gasteiger partial charge in [-0.05, 0) is 18.9 Å². The van der Waals surface area contributed by atoms with Gasteiger partial charge in [0.2, 0.25) is 0 Å². The molecule has 0 saturated carbocycles. The second kappa shape index (κ2) is 9.39. The van der Waals surface area contributed by atoms with Crippen LogP contribution in [0.3, 0.4) is 0 Å². The van der Waals surface area contributed by atoms with E-state index in [1.165, 1.54) is 25.7 Å². The van der Waals surface area contributed by atoms with E-state index in [0.29, 0.717) is 6.42 Å². The first-order valence-electron chi connectivity index (χ1n) is 7.26. The van der Waals surface area contributed by atoms with Crippen LogP contribution in [0, 0.1) is 11.8 Å². The highest BCUT2D eigenvalue weighted by Crippen LogP contribution is 2.19. The Morgan fingerprint density at radius 2 is 1.89 bits per heavy atom. The van der Waals surface area contributed by atoms with Crippen LogP contribution in [-0.2, 0) is 4.79 Å². The maximum Gasteiger partial charge on any atom is 0.131 e. The molecule has 0 saturated heterocycles. The van der Waals surface area contributed by atoms with Crippen molar-refractivity contribution in [2.45, 2.75) is 58.3 Å². The molecule has 1 heteroatoms. The van der Waals surface area contributed by atoms with Crippen molar-refractivity contribution >= 4 is 5.78 Å². The summed E-state index contributed by atoms with van der Waals surface area (Å²) in [4.78, 5) is 11.3. The highest BCUT2D eigenvalue weighted by molar-refractivity contribution is 5.77. The zero-order chi connectivity index (χ0) is 13.9. The van der Waals surface area contributed by atoms with E-state index >= 15 is 0 Å². The van der Waals surface area contributed by atoms with Crippen LogP contribution in [0.1, 0.15) is 63.9 Å². The standard InChI is InChI=1S/C18H24O/c1-3-4-5-6-7-9-14-18(15-16(2)19)17-12-10-8-11-13-17/h8,10-13,18H,3-7,15H2,1-2H3. The molecule has 0 bridgehead atoms. The Morgan fingerprint density at radius 3 is 2.53 bits per heavy atom. The third kappa shape index (κ3) is 6.82. The molecule has 0 aliphatic rings. The number of rotatable bonds is 7. The molecule has 1 nitrogen and oxygen atoms in total. The Morgan fingerprint density at radius 1 is 1.16 bits per heavy atom. The second-order valence-corrected chi connectivity index (χ2v) is 5.00. The molecule has 102 valence electrons. The summed E-state index contributed by atoms with van der Waals surface area (Å²) in [5.74, 6) is 6.78. The first-order valence-corrected chi connectivity index (χ1v) is 7.26. The Kier molecular flexibility index (Phi) is 7.66. The number of benzene rings is 1. The Bertz CT molecular complexity index is 422. The van der Waals surface area contributed by atoms with Gasteiger partial charge in [0.15, 0.2) is 0 Å². The van der Waals surface area contributed by atoms with Gasteiger partial charge in [0.1, 0.15) is 5.78 Å². The maximum atomic E-state index is 11.3. The topological polar surface area (TPSA) is 17.1 Å². The van der Waals surface area contributed by atoms with Crippen molar-refractivity contribution in [2.24, 2.45) is 0 Å². The van der Waals surface area contributed by atoms with Crippen LogP contribution >= 0.6 is 0 Å². The lowest BCUT2D eigenvalue weighted by atomic mass is 9.94. The average Bonchev–Trinajstić information content (AvgIpc) is 2.42. The van der Waals surface area contributed by atoms with Crippen LogP contribution in [0.15, 0.2) is 30.3 Å². The van der Waals surface area contributed by atoms with Crippen LogP contribution < -0.4 is 0 Å². The largest absolute Gasteiger partial charge is 0.300 e. The predicted octanol–water partition coefficient (Wildman–Crippen LogP) is 4.72. The molecule has 0 amide bonds. The molecule has 1 rings (SSSR count). The van der Waals surface area contributed by atoms with E-state index in [9.17, 15) is 4.79 Å². The first-order chi connectivity index (χ1) is 9.24. The molecule has 0 N–H and O–H groups in total. The van der Waals surface area contributed by atoms with Crippen LogP contribution in [-0.4, -0.2) is 5.78 Å². The summed E-state index contributed by atoms with van der Waals surface area (Å²) in [5, 5.41) is 0. The van der Waals surface area contributed by atoms with Gasteiger partial charge in [-0.1, -0.05) is 62.4 Å². The summed E-state index contributed by atoms with van der Waals surface area (Å²) in [6.45, 7) is 3.85. The normalized spacial score (nSPS) is 11.5. The van der Waals surface area contributed by atoms with Crippen molar-refractivity contribution in [3.63, 3.8) is 0 Å². The van der Waals surface area contributed by atoms with E-state index in [-0.39, 0.29) is 11.7 Å². The number of unbranched alkanes of at least 4 members (excludes halogenated alkanes) is 4. The second-order valence-electron chi connectivity index (χ2n) is 5.00. The van der Waals surface area contributed by atoms with Crippen LogP contribution in [0.5, 0.6) is 0 Å². The third-order valence-electron chi connectivity index (χ3n) is 3.13. The predicted molar refractivity (Wildman–Crippen MR) is 81.0 cm³/mol. The summed E-state index contributed by atoms with van der Waals surface area (Å²) < 4.78 is 0. The number of hydrogen-bond donors (Lipinski definition) is 0. The van der Waals surface area contributed by atoms with Gasteiger partial charge in [0, 0.05) is 12.8 Å². The zero-order valence-corrected chi connectivity index (χ0v) is 12.1. The maximum absolute atomic E-state index is 11.3. The number of carbonyl (C=O) groups excluding carboxylic acids is 1. The SMILES string of the molecule is CCCCCCC#CC(CC(C)=O)c1ccccc1. The van der Waals surface area contributed by atoms with Gasteiger partial charge in [0.05, 0.1) is 5.92 Å². The molecule has 0 heterocycles. The molecule has 0 radical (unpaired) electrons. The highest BCUT2D eigenvalue weighted by atomic mass is 16.1. The fourth-order valence-corrected chi connectivity index (χ4v) is 2.06. The van der Waals surface area contributed by atoms with E-state index in [1.54, 1.807) is 6.92 Å². The average molecular weight is 256 g/mol. The zero-order valence-electron chi connectivity index (χ0n) is 12.1. The molecule has 1 aromatic carbocycles. The van der Waals surface area contributed by atoms with E-state index in [4.69, 9.17) is 0 Å². The summed E-state index contributed by atoms with van der Waals surface area (Å²) >= 11 is 0. The van der Waals surface area contributed by atoms with Gasteiger partial charge in [-0.15, -0.1) is 5.92 Å². The lowest BCUT2D eigenvalue weighted by Crippen LogP contribution is -2.02. The lowest BCUT2D eigenvalue weighted by molar-refractivity contribution is -0.117. The molecule has 0 spiro atoms. The van der Waals surface area contributed by atoms with Gasteiger partial charge in [-0.25, -0.2) is 0 Å². The molecular formula is C18H24O. The number of Topliss-reactive ketones (excluding diaryl/α,β-unsaturated/α-hetero) is 1. The monoisotopic (exact) mass is 256 g/mol. The quantitative estimate of drug-likeness (QED) is 0.509. The molecule has 1 aromatic rings. The van der Waals surface area contributed by atoms with E-state index in [1.807, 2.05) is 18.2 Å². The van der Waals surface area contributed by atoms with Crippen molar-refractivity contribution in [1.29, 1.82) is 0 Å². The van der Waals surface area contributed by atoms with Crippen molar-refractivity contribution in [2.75, 3.05) is 0 Å². The molecule has 0 aliphatic heterocycles. The van der Waals surface area contributed by atoms with Crippen molar-refractivity contribution < 1.29 is 4.79 Å². The van der Waals surface area contributed by atoms with E-state index < -0.39 is 0 Å². The van der Waals surface area contributed by atoms with Gasteiger partial charge in [0.25, 0.3) is 0 Å². The Hall–Kier alpha value is -1.55. The van der Waals surface area contributed by atoms with E-state index in [2.05, 4.69) is 30.9 Å². The molecule has 0 aromatic heterocycles. The minimum atomic E-state index is 0.0601. The van der Waals surface area contributed by atoms with Crippen molar-refractivity contribution in [1.82, 2.24) is 0 Å². The van der Waals surface area contributed by atoms with Crippen molar-refractivity contribution in [3.05, 3.63) is 35.9 Å². The molecule has 0 aliphatic carbocycles. The molecule has 1 atom stereocenters. The minimum absolute atomic E-state index is 0.0601. The summed E-state index contributed by atoms with van der Waals surface area (Å²) in [5.41, 5.74) is 1.15. The first kappa shape index (κ1) is 15.5. The smallest absolute Gasteiger partial charge is 0.131 e. The summed E-state index contributed by atoms with van der Waals surface area (Å²) in [7, 11) is 0. The molecule has 1 unspecified atom stereocenters. The third-order valence-corrected chi connectivity index (χ3v) is 3.13. The fourth-order valence-electron chi connectivity index (χ4n) is 2.06. The van der Waals surface area contributed by atoms with Gasteiger partial charge in [-0.3, -0.25) is 4.79 Å². The van der Waals surface area contributed by atoms with E-state index in [0.717, 1.165) is 12.0 Å². The van der Waals surface area contributed by atoms with Crippen LogP contribution in [0.25, 0.3) is 0 Å². The van der Waals surface area contributed by atoms with Crippen LogP contribution in [0.4, 0.5) is 0 Å². The fraction of sp³-hybridized carbons (Fsp3) is 0.500.